The molecular weight excluding hydrogens is 533 g/mol. The molecule has 0 unspecified atom stereocenters. The van der Waals surface area contributed by atoms with Gasteiger partial charge in [-0.05, 0) is 62.2 Å². The van der Waals surface area contributed by atoms with Crippen LogP contribution in [0.15, 0.2) is 78.9 Å². The molecule has 1 aliphatic rings. The van der Waals surface area contributed by atoms with Crippen LogP contribution in [0.4, 0.5) is 10.1 Å². The van der Waals surface area contributed by atoms with Gasteiger partial charge in [0.25, 0.3) is 0 Å². The highest BCUT2D eigenvalue weighted by molar-refractivity contribution is 7.92. The van der Waals surface area contributed by atoms with Crippen molar-refractivity contribution in [2.24, 2.45) is 0 Å². The molecule has 3 aromatic carbocycles. The third-order valence-electron chi connectivity index (χ3n) is 6.95. The molecule has 2 amide bonds. The Hall–Kier alpha value is -3.92. The summed E-state index contributed by atoms with van der Waals surface area (Å²) < 4.78 is 46.9. The van der Waals surface area contributed by atoms with Gasteiger partial charge < -0.3 is 15.0 Å². The van der Waals surface area contributed by atoms with Gasteiger partial charge in [-0.15, -0.1) is 0 Å². The van der Waals surface area contributed by atoms with Crippen molar-refractivity contribution in [1.82, 2.24) is 10.2 Å². The number of hydrogen-bond acceptors (Lipinski definition) is 5. The van der Waals surface area contributed by atoms with E-state index in [1.54, 1.807) is 49.4 Å². The van der Waals surface area contributed by atoms with E-state index >= 15 is 0 Å². The van der Waals surface area contributed by atoms with Crippen LogP contribution in [0.5, 0.6) is 11.5 Å². The maximum absolute atomic E-state index is 14.6. The molecule has 212 valence electrons. The van der Waals surface area contributed by atoms with Crippen LogP contribution in [0.1, 0.15) is 38.2 Å². The van der Waals surface area contributed by atoms with Crippen molar-refractivity contribution in [2.75, 3.05) is 17.1 Å². The third-order valence-corrected chi connectivity index (χ3v) is 8.09. The van der Waals surface area contributed by atoms with Crippen LogP contribution in [-0.4, -0.2) is 50.0 Å². The number of hydrogen-bond donors (Lipinski definition) is 1. The summed E-state index contributed by atoms with van der Waals surface area (Å²) in [5, 5.41) is 2.98. The van der Waals surface area contributed by atoms with Gasteiger partial charge in [-0.1, -0.05) is 49.2 Å². The zero-order valence-corrected chi connectivity index (χ0v) is 23.4. The molecule has 40 heavy (non-hydrogen) atoms. The number of nitrogens with one attached hydrogen (secondary N) is 1. The number of anilines is 1. The SMILES string of the molecule is C[C@H](C(=O)NC1CCCC1)N(Cc1ccccc1F)C(=O)CN(c1ccc(Oc2ccccc2)cc1)S(C)(=O)=O. The number of rotatable bonds is 11. The number of carbonyl (C=O) groups excluding carboxylic acids is 2. The molecule has 0 bridgehead atoms. The minimum absolute atomic E-state index is 0.0319. The summed E-state index contributed by atoms with van der Waals surface area (Å²) in [5.74, 6) is -0.387. The van der Waals surface area contributed by atoms with Crippen molar-refractivity contribution < 1.29 is 27.1 Å². The third kappa shape index (κ3) is 7.59. The molecule has 0 aliphatic heterocycles. The Morgan fingerprint density at radius 2 is 1.55 bits per heavy atom. The van der Waals surface area contributed by atoms with Gasteiger partial charge in [0, 0.05) is 18.2 Å². The Labute approximate surface area is 234 Å². The fraction of sp³-hybridized carbons (Fsp3) is 0.333. The number of carbonyl (C=O) groups is 2. The molecule has 3 aromatic rings. The number of halogens is 1. The van der Waals surface area contributed by atoms with Crippen molar-refractivity contribution in [1.29, 1.82) is 0 Å². The summed E-state index contributed by atoms with van der Waals surface area (Å²) in [6, 6.07) is 20.5. The largest absolute Gasteiger partial charge is 0.457 e. The number of sulfonamides is 1. The molecule has 1 N–H and O–H groups in total. The molecule has 1 saturated carbocycles. The predicted octanol–water partition coefficient (Wildman–Crippen LogP) is 4.86. The van der Waals surface area contributed by atoms with Crippen LogP contribution in [0.25, 0.3) is 0 Å². The summed E-state index contributed by atoms with van der Waals surface area (Å²) >= 11 is 0. The van der Waals surface area contributed by atoms with Crippen molar-refractivity contribution in [3.63, 3.8) is 0 Å². The van der Waals surface area contributed by atoms with Gasteiger partial charge in [0.05, 0.1) is 11.9 Å². The summed E-state index contributed by atoms with van der Waals surface area (Å²) in [6.07, 6.45) is 4.79. The summed E-state index contributed by atoms with van der Waals surface area (Å²) in [4.78, 5) is 28.0. The van der Waals surface area contributed by atoms with Crippen molar-refractivity contribution in [3.05, 3.63) is 90.2 Å². The van der Waals surface area contributed by atoms with E-state index in [0.717, 1.165) is 36.2 Å². The standard InChI is InChI=1S/C30H34FN3O5S/c1-22(30(36)32-24-11-7-8-12-24)33(20-23-10-6-9-15-28(23)31)29(35)21-34(40(2,37)38)25-16-18-27(19-17-25)39-26-13-4-3-5-14-26/h3-6,9-10,13-19,22,24H,7-8,11-12,20-21H2,1-2H3,(H,32,36)/t22-/m1/s1. The first-order valence-corrected chi connectivity index (χ1v) is 15.1. The minimum Gasteiger partial charge on any atom is -0.457 e. The zero-order valence-electron chi connectivity index (χ0n) is 22.6. The minimum atomic E-state index is -3.89. The second kappa shape index (κ2) is 13.0. The molecule has 0 radical (unpaired) electrons. The lowest BCUT2D eigenvalue weighted by Crippen LogP contribution is -2.52. The first-order chi connectivity index (χ1) is 19.1. The zero-order chi connectivity index (χ0) is 28.7. The van der Waals surface area contributed by atoms with E-state index in [9.17, 15) is 22.4 Å². The summed E-state index contributed by atoms with van der Waals surface area (Å²) in [6.45, 7) is 0.822. The Balaban J connectivity index is 1.56. The molecule has 4 rings (SSSR count). The van der Waals surface area contributed by atoms with Crippen LogP contribution in [0.3, 0.4) is 0 Å². The van der Waals surface area contributed by atoms with Crippen LogP contribution < -0.4 is 14.4 Å². The number of amides is 2. The van der Waals surface area contributed by atoms with Crippen molar-refractivity contribution >= 4 is 27.5 Å². The van der Waals surface area contributed by atoms with E-state index in [0.29, 0.717) is 11.5 Å². The Kier molecular flexibility index (Phi) is 9.42. The molecule has 0 spiro atoms. The second-order valence-corrected chi connectivity index (χ2v) is 11.9. The van der Waals surface area contributed by atoms with E-state index in [4.69, 9.17) is 4.74 Å². The predicted molar refractivity (Wildman–Crippen MR) is 152 cm³/mol. The van der Waals surface area contributed by atoms with Gasteiger partial charge in [0.15, 0.2) is 0 Å². The highest BCUT2D eigenvalue weighted by atomic mass is 32.2. The lowest BCUT2D eigenvalue weighted by molar-refractivity contribution is -0.139. The van der Waals surface area contributed by atoms with Crippen LogP contribution in [-0.2, 0) is 26.2 Å². The van der Waals surface area contributed by atoms with Crippen molar-refractivity contribution in [3.8, 4) is 11.5 Å². The lowest BCUT2D eigenvalue weighted by Gasteiger charge is -2.32. The summed E-state index contributed by atoms with van der Waals surface area (Å²) in [5.41, 5.74) is 0.481. The first kappa shape index (κ1) is 29.1. The number of benzene rings is 3. The Bertz CT molecular complexity index is 1410. The van der Waals surface area contributed by atoms with Gasteiger partial charge in [-0.2, -0.15) is 0 Å². The average molecular weight is 568 g/mol. The van der Waals surface area contributed by atoms with E-state index in [-0.39, 0.29) is 29.7 Å². The Morgan fingerprint density at radius 3 is 2.17 bits per heavy atom. The normalized spacial score (nSPS) is 14.4. The molecule has 0 aromatic heterocycles. The van der Waals surface area contributed by atoms with E-state index in [1.807, 2.05) is 18.2 Å². The van der Waals surface area contributed by atoms with Crippen LogP contribution >= 0.6 is 0 Å². The maximum atomic E-state index is 14.6. The highest BCUT2D eigenvalue weighted by Crippen LogP contribution is 2.26. The van der Waals surface area contributed by atoms with Gasteiger partial charge in [0.1, 0.15) is 29.9 Å². The Morgan fingerprint density at radius 1 is 0.950 bits per heavy atom. The van der Waals surface area contributed by atoms with Gasteiger partial charge >= 0.3 is 0 Å². The molecule has 8 nitrogen and oxygen atoms in total. The van der Waals surface area contributed by atoms with Gasteiger partial charge in [-0.25, -0.2) is 12.8 Å². The molecule has 1 fully saturated rings. The smallest absolute Gasteiger partial charge is 0.244 e. The fourth-order valence-electron chi connectivity index (χ4n) is 4.70. The molecular formula is C30H34FN3O5S. The lowest BCUT2D eigenvalue weighted by atomic mass is 10.1. The van der Waals surface area contributed by atoms with Gasteiger partial charge in [-0.3, -0.25) is 13.9 Å². The topological polar surface area (TPSA) is 96.0 Å². The quantitative estimate of drug-likeness (QED) is 0.357. The first-order valence-electron chi connectivity index (χ1n) is 13.3. The van der Waals surface area contributed by atoms with E-state index in [1.165, 1.54) is 23.1 Å². The van der Waals surface area contributed by atoms with Crippen LogP contribution in [0.2, 0.25) is 0 Å². The van der Waals surface area contributed by atoms with Crippen LogP contribution in [0, 0.1) is 5.82 Å². The number of ether oxygens (including phenoxy) is 1. The number of para-hydroxylation sites is 1. The monoisotopic (exact) mass is 567 g/mol. The fourth-order valence-corrected chi connectivity index (χ4v) is 5.55. The highest BCUT2D eigenvalue weighted by Gasteiger charge is 2.31. The average Bonchev–Trinajstić information content (AvgIpc) is 3.44. The number of nitrogens with zero attached hydrogens (tertiary/aromatic N) is 2. The maximum Gasteiger partial charge on any atom is 0.244 e. The summed E-state index contributed by atoms with van der Waals surface area (Å²) in [7, 11) is -3.89. The molecule has 1 aliphatic carbocycles. The molecule has 1 atom stereocenters. The van der Waals surface area contributed by atoms with Crippen molar-refractivity contribution in [2.45, 2.75) is 51.2 Å². The molecule has 10 heteroatoms. The molecule has 0 heterocycles. The second-order valence-electron chi connectivity index (χ2n) is 9.96. The van der Waals surface area contributed by atoms with Gasteiger partial charge in [0.2, 0.25) is 21.8 Å². The van der Waals surface area contributed by atoms with E-state index in [2.05, 4.69) is 5.32 Å². The molecule has 0 saturated heterocycles. The van der Waals surface area contributed by atoms with E-state index < -0.39 is 34.3 Å².